The highest BCUT2D eigenvalue weighted by Crippen LogP contribution is 2.30. The van der Waals surface area contributed by atoms with Crippen molar-refractivity contribution in [2.24, 2.45) is 0 Å². The molecule has 132 valence electrons. The fourth-order valence-corrected chi connectivity index (χ4v) is 3.23. The highest BCUT2D eigenvalue weighted by molar-refractivity contribution is 6.08. The molecular formula is C20H24N2O3. The number of Topliss-reactive ketones (excluding diaryl/α,β-unsaturated/α-hetero) is 1. The number of furan rings is 1. The number of aryl methyl sites for hydroxylation is 1. The quantitative estimate of drug-likeness (QED) is 0.838. The molecule has 0 atom stereocenters. The third-order valence-corrected chi connectivity index (χ3v) is 4.58. The number of benzene rings is 1. The molecule has 0 unspecified atom stereocenters. The number of carbonyl (C=O) groups excluding carboxylic acids is 2. The van der Waals surface area contributed by atoms with Gasteiger partial charge >= 0.3 is 0 Å². The average molecular weight is 340 g/mol. The molecule has 1 heterocycles. The van der Waals surface area contributed by atoms with Crippen LogP contribution in [0.3, 0.4) is 0 Å². The zero-order chi connectivity index (χ0) is 18.0. The molecule has 0 bridgehead atoms. The van der Waals surface area contributed by atoms with E-state index in [1.54, 1.807) is 4.90 Å². The Kier molecular flexibility index (Phi) is 5.04. The van der Waals surface area contributed by atoms with Gasteiger partial charge in [0.15, 0.2) is 11.5 Å². The molecule has 25 heavy (non-hydrogen) atoms. The molecule has 0 fully saturated rings. The molecule has 1 aromatic carbocycles. The number of hydrogen-bond donors (Lipinski definition) is 0. The molecule has 0 aliphatic heterocycles. The summed E-state index contributed by atoms with van der Waals surface area (Å²) < 4.78 is 5.85. The highest BCUT2D eigenvalue weighted by atomic mass is 16.4. The van der Waals surface area contributed by atoms with Gasteiger partial charge in [0.05, 0.1) is 5.56 Å². The number of ketones is 1. The van der Waals surface area contributed by atoms with Crippen LogP contribution in [-0.4, -0.2) is 43.8 Å². The first-order valence-corrected chi connectivity index (χ1v) is 8.66. The minimum atomic E-state index is -0.187. The van der Waals surface area contributed by atoms with E-state index in [4.69, 9.17) is 4.42 Å². The molecule has 2 aromatic rings. The largest absolute Gasteiger partial charge is 0.455 e. The van der Waals surface area contributed by atoms with E-state index < -0.39 is 0 Å². The Labute approximate surface area is 148 Å². The second-order valence-corrected chi connectivity index (χ2v) is 6.73. The van der Waals surface area contributed by atoms with Gasteiger partial charge in [-0.2, -0.15) is 0 Å². The number of nitrogens with zero attached hydrogens (tertiary/aromatic N) is 2. The van der Waals surface area contributed by atoms with E-state index in [9.17, 15) is 9.59 Å². The van der Waals surface area contributed by atoms with Gasteiger partial charge in [0.25, 0.3) is 5.91 Å². The van der Waals surface area contributed by atoms with Gasteiger partial charge < -0.3 is 14.2 Å². The summed E-state index contributed by atoms with van der Waals surface area (Å²) in [5.41, 5.74) is 2.13. The average Bonchev–Trinajstić information content (AvgIpc) is 2.94. The zero-order valence-corrected chi connectivity index (χ0v) is 15.0. The molecule has 3 rings (SSSR count). The summed E-state index contributed by atoms with van der Waals surface area (Å²) >= 11 is 0. The Balaban J connectivity index is 1.96. The number of carbonyl (C=O) groups is 2. The molecule has 0 saturated carbocycles. The fraction of sp³-hybridized carbons (Fsp3) is 0.400. The van der Waals surface area contributed by atoms with Gasteiger partial charge in [-0.3, -0.25) is 9.59 Å². The minimum absolute atomic E-state index is 0.0844. The first-order chi connectivity index (χ1) is 12.0. The highest BCUT2D eigenvalue weighted by Gasteiger charge is 2.31. The van der Waals surface area contributed by atoms with Gasteiger partial charge in [-0.05, 0) is 39.6 Å². The van der Waals surface area contributed by atoms with Crippen LogP contribution in [0.4, 0.5) is 5.69 Å². The van der Waals surface area contributed by atoms with Crippen LogP contribution in [0.1, 0.15) is 45.1 Å². The van der Waals surface area contributed by atoms with Crippen LogP contribution < -0.4 is 4.90 Å². The van der Waals surface area contributed by atoms with Crippen LogP contribution in [0.2, 0.25) is 0 Å². The van der Waals surface area contributed by atoms with Crippen LogP contribution in [0.15, 0.2) is 34.7 Å². The molecule has 0 saturated heterocycles. The van der Waals surface area contributed by atoms with E-state index in [-0.39, 0.29) is 11.7 Å². The van der Waals surface area contributed by atoms with Gasteiger partial charge in [0, 0.05) is 37.2 Å². The molecule has 5 nitrogen and oxygen atoms in total. The van der Waals surface area contributed by atoms with E-state index in [0.717, 1.165) is 25.1 Å². The van der Waals surface area contributed by atoms with Crippen LogP contribution in [0, 0.1) is 6.92 Å². The van der Waals surface area contributed by atoms with E-state index in [1.165, 1.54) is 0 Å². The van der Waals surface area contributed by atoms with Crippen molar-refractivity contribution in [2.45, 2.75) is 26.2 Å². The van der Waals surface area contributed by atoms with Crippen molar-refractivity contribution in [1.29, 1.82) is 0 Å². The van der Waals surface area contributed by atoms with Crippen LogP contribution in [0.25, 0.3) is 0 Å². The molecule has 1 aliphatic rings. The number of para-hydroxylation sites is 1. The second-order valence-electron chi connectivity index (χ2n) is 6.73. The fourth-order valence-electron chi connectivity index (χ4n) is 3.23. The van der Waals surface area contributed by atoms with Crippen molar-refractivity contribution in [3.8, 4) is 0 Å². The van der Waals surface area contributed by atoms with Crippen LogP contribution in [0.5, 0.6) is 0 Å². The zero-order valence-electron chi connectivity index (χ0n) is 15.0. The normalized spacial score (nSPS) is 13.8. The smallest absolute Gasteiger partial charge is 0.294 e. The van der Waals surface area contributed by atoms with Crippen molar-refractivity contribution in [3.63, 3.8) is 0 Å². The number of amides is 1. The Morgan fingerprint density at radius 3 is 2.48 bits per heavy atom. The van der Waals surface area contributed by atoms with Gasteiger partial charge in [0.2, 0.25) is 0 Å². The second kappa shape index (κ2) is 7.23. The standard InChI is InChI=1S/C20H24N2O3/c1-14-18-16(23)10-7-11-17(18)25-19(14)20(24)22(13-12-21(2)3)15-8-5-4-6-9-15/h4-6,8-9H,7,10-13H2,1-3H3. The molecule has 5 heteroatoms. The molecule has 1 amide bonds. The first kappa shape index (κ1) is 17.4. The van der Waals surface area contributed by atoms with Crippen molar-refractivity contribution in [2.75, 3.05) is 32.1 Å². The summed E-state index contributed by atoms with van der Waals surface area (Å²) in [4.78, 5) is 29.2. The lowest BCUT2D eigenvalue weighted by Crippen LogP contribution is -2.37. The lowest BCUT2D eigenvalue weighted by Gasteiger charge is -2.24. The third kappa shape index (κ3) is 3.51. The molecule has 0 N–H and O–H groups in total. The topological polar surface area (TPSA) is 53.8 Å². The predicted octanol–water partition coefficient (Wildman–Crippen LogP) is 3.32. The monoisotopic (exact) mass is 340 g/mol. The van der Waals surface area contributed by atoms with Gasteiger partial charge in [-0.1, -0.05) is 18.2 Å². The maximum Gasteiger partial charge on any atom is 0.294 e. The number of fused-ring (bicyclic) bond motifs is 1. The molecule has 1 aromatic heterocycles. The Bertz CT molecular complexity index is 778. The van der Waals surface area contributed by atoms with Gasteiger partial charge in [-0.15, -0.1) is 0 Å². The van der Waals surface area contributed by atoms with Crippen molar-refractivity contribution in [3.05, 3.63) is 53.0 Å². The van der Waals surface area contributed by atoms with E-state index in [1.807, 2.05) is 56.3 Å². The maximum atomic E-state index is 13.2. The summed E-state index contributed by atoms with van der Waals surface area (Å²) in [5.74, 6) is 0.856. The van der Waals surface area contributed by atoms with Gasteiger partial charge in [0.1, 0.15) is 5.76 Å². The lowest BCUT2D eigenvalue weighted by molar-refractivity contribution is 0.0947. The van der Waals surface area contributed by atoms with E-state index >= 15 is 0 Å². The summed E-state index contributed by atoms with van der Waals surface area (Å²) in [6.07, 6.45) is 2.04. The minimum Gasteiger partial charge on any atom is -0.455 e. The number of hydrogen-bond acceptors (Lipinski definition) is 4. The SMILES string of the molecule is Cc1c(C(=O)N(CCN(C)C)c2ccccc2)oc2c1C(=O)CCC2. The number of rotatable bonds is 5. The Morgan fingerprint density at radius 1 is 1.12 bits per heavy atom. The molecule has 0 radical (unpaired) electrons. The van der Waals surface area contributed by atoms with Crippen molar-refractivity contribution < 1.29 is 14.0 Å². The Morgan fingerprint density at radius 2 is 1.84 bits per heavy atom. The lowest BCUT2D eigenvalue weighted by atomic mass is 9.94. The van der Waals surface area contributed by atoms with E-state index in [2.05, 4.69) is 0 Å². The summed E-state index contributed by atoms with van der Waals surface area (Å²) in [5, 5.41) is 0. The predicted molar refractivity (Wildman–Crippen MR) is 97.4 cm³/mol. The van der Waals surface area contributed by atoms with Crippen molar-refractivity contribution >= 4 is 17.4 Å². The summed E-state index contributed by atoms with van der Waals surface area (Å²) in [7, 11) is 3.95. The maximum absolute atomic E-state index is 13.2. The van der Waals surface area contributed by atoms with Gasteiger partial charge in [-0.25, -0.2) is 0 Å². The Hall–Kier alpha value is -2.40. The molecule has 0 spiro atoms. The van der Waals surface area contributed by atoms with Crippen LogP contribution in [-0.2, 0) is 6.42 Å². The summed E-state index contributed by atoms with van der Waals surface area (Å²) in [6.45, 7) is 3.10. The third-order valence-electron chi connectivity index (χ3n) is 4.58. The number of anilines is 1. The number of likely N-dealkylation sites (N-methyl/N-ethyl adjacent to an activating group) is 1. The van der Waals surface area contributed by atoms with Crippen molar-refractivity contribution in [1.82, 2.24) is 4.90 Å². The van der Waals surface area contributed by atoms with E-state index in [0.29, 0.717) is 35.6 Å². The first-order valence-electron chi connectivity index (χ1n) is 8.66. The molecule has 1 aliphatic carbocycles. The molecular weight excluding hydrogens is 316 g/mol. The summed E-state index contributed by atoms with van der Waals surface area (Å²) in [6, 6.07) is 9.57. The van der Waals surface area contributed by atoms with Crippen LogP contribution >= 0.6 is 0 Å².